The van der Waals surface area contributed by atoms with Crippen LogP contribution < -0.4 is 0 Å². The van der Waals surface area contributed by atoms with E-state index in [-0.39, 0.29) is 5.41 Å². The lowest BCUT2D eigenvalue weighted by Gasteiger charge is -2.21. The van der Waals surface area contributed by atoms with Crippen molar-refractivity contribution in [2.24, 2.45) is 7.05 Å². The van der Waals surface area contributed by atoms with Crippen LogP contribution in [-0.4, -0.2) is 19.9 Å². The first kappa shape index (κ1) is 13.3. The highest BCUT2D eigenvalue weighted by molar-refractivity contribution is 5.27. The summed E-state index contributed by atoms with van der Waals surface area (Å²) in [5, 5.41) is 8.44. The van der Waals surface area contributed by atoms with Gasteiger partial charge in [0.05, 0.1) is 6.20 Å². The smallest absolute Gasteiger partial charge is 0.230 e. The first-order chi connectivity index (χ1) is 9.57. The normalized spacial score (nSPS) is 22.2. The molecule has 0 aromatic carbocycles. The number of rotatable bonds is 5. The molecule has 0 amide bonds. The fraction of sp³-hybridized carbons (Fsp3) is 0.667. The zero-order valence-corrected chi connectivity index (χ0v) is 12.6. The molecule has 0 saturated heterocycles. The zero-order valence-electron chi connectivity index (χ0n) is 12.6. The Balaban J connectivity index is 1.76. The number of nitrogens with zero attached hydrogens (tertiary/aromatic N) is 4. The van der Waals surface area contributed by atoms with E-state index in [2.05, 4.69) is 42.2 Å². The van der Waals surface area contributed by atoms with E-state index >= 15 is 0 Å². The van der Waals surface area contributed by atoms with E-state index in [1.807, 2.05) is 17.9 Å². The fourth-order valence-corrected chi connectivity index (χ4v) is 2.67. The van der Waals surface area contributed by atoms with Gasteiger partial charge < -0.3 is 4.52 Å². The maximum Gasteiger partial charge on any atom is 0.230 e. The standard InChI is InChI=1S/C15H22N4O/c1-5-15(3,6-2)14-17-13(20-18-14)12-7-11(12)10-8-16-19(4)9-10/h8-9,11-12H,5-7H2,1-4H3/t11-,12+/m0/s1. The molecule has 1 fully saturated rings. The molecule has 3 rings (SSSR count). The second-order valence-electron chi connectivity index (χ2n) is 6.12. The van der Waals surface area contributed by atoms with E-state index in [1.54, 1.807) is 0 Å². The van der Waals surface area contributed by atoms with Crippen molar-refractivity contribution in [2.45, 2.75) is 57.3 Å². The van der Waals surface area contributed by atoms with Crippen molar-refractivity contribution in [3.05, 3.63) is 29.7 Å². The van der Waals surface area contributed by atoms with Crippen molar-refractivity contribution in [3.63, 3.8) is 0 Å². The van der Waals surface area contributed by atoms with Crippen LogP contribution in [0.25, 0.3) is 0 Å². The Morgan fingerprint density at radius 1 is 1.35 bits per heavy atom. The molecule has 108 valence electrons. The molecule has 2 atom stereocenters. The summed E-state index contributed by atoms with van der Waals surface area (Å²) >= 11 is 0. The summed E-state index contributed by atoms with van der Waals surface area (Å²) in [6.07, 6.45) is 7.15. The summed E-state index contributed by atoms with van der Waals surface area (Å²) in [6.45, 7) is 6.55. The van der Waals surface area contributed by atoms with Crippen LogP contribution in [0.5, 0.6) is 0 Å². The van der Waals surface area contributed by atoms with Gasteiger partial charge in [-0.1, -0.05) is 25.9 Å². The molecular formula is C15H22N4O. The SMILES string of the molecule is CCC(C)(CC)c1noc([C@@H]2C[C@H]2c2cnn(C)c2)n1. The maximum atomic E-state index is 5.51. The van der Waals surface area contributed by atoms with Gasteiger partial charge in [-0.3, -0.25) is 4.68 Å². The van der Waals surface area contributed by atoms with Crippen molar-refractivity contribution in [1.82, 2.24) is 19.9 Å². The van der Waals surface area contributed by atoms with E-state index < -0.39 is 0 Å². The molecule has 5 heteroatoms. The second-order valence-corrected chi connectivity index (χ2v) is 6.12. The molecule has 20 heavy (non-hydrogen) atoms. The first-order valence-corrected chi connectivity index (χ1v) is 7.40. The summed E-state index contributed by atoms with van der Waals surface area (Å²) in [5.41, 5.74) is 1.30. The van der Waals surface area contributed by atoms with Crippen molar-refractivity contribution < 1.29 is 4.52 Å². The second kappa shape index (κ2) is 4.72. The predicted molar refractivity (Wildman–Crippen MR) is 75.5 cm³/mol. The molecule has 5 nitrogen and oxygen atoms in total. The van der Waals surface area contributed by atoms with Crippen molar-refractivity contribution in [3.8, 4) is 0 Å². The maximum absolute atomic E-state index is 5.51. The molecule has 0 radical (unpaired) electrons. The third-order valence-electron chi connectivity index (χ3n) is 4.80. The molecular weight excluding hydrogens is 252 g/mol. The average molecular weight is 274 g/mol. The number of aryl methyl sites for hydroxylation is 1. The van der Waals surface area contributed by atoms with E-state index in [0.29, 0.717) is 11.8 Å². The molecule has 2 heterocycles. The molecule has 1 aliphatic rings. The Labute approximate surface area is 119 Å². The Hall–Kier alpha value is -1.65. The van der Waals surface area contributed by atoms with Gasteiger partial charge in [0.15, 0.2) is 5.82 Å². The van der Waals surface area contributed by atoms with Crippen molar-refractivity contribution in [1.29, 1.82) is 0 Å². The molecule has 0 N–H and O–H groups in total. The number of aromatic nitrogens is 4. The van der Waals surface area contributed by atoms with E-state index in [4.69, 9.17) is 4.52 Å². The summed E-state index contributed by atoms with van der Waals surface area (Å²) in [7, 11) is 1.94. The lowest BCUT2D eigenvalue weighted by molar-refractivity contribution is 0.344. The minimum atomic E-state index is 0.0282. The van der Waals surface area contributed by atoms with Gasteiger partial charge >= 0.3 is 0 Å². The Kier molecular flexibility index (Phi) is 3.15. The van der Waals surface area contributed by atoms with Gasteiger partial charge in [0.1, 0.15) is 0 Å². The van der Waals surface area contributed by atoms with E-state index in [1.165, 1.54) is 5.56 Å². The molecule has 1 saturated carbocycles. The highest BCUT2D eigenvalue weighted by Gasteiger charge is 2.45. The van der Waals surface area contributed by atoms with Crippen LogP contribution in [0.4, 0.5) is 0 Å². The summed E-state index contributed by atoms with van der Waals surface area (Å²) in [4.78, 5) is 4.66. The number of hydrogen-bond acceptors (Lipinski definition) is 4. The van der Waals surface area contributed by atoms with Crippen LogP contribution in [0.1, 0.15) is 69.1 Å². The predicted octanol–water partition coefficient (Wildman–Crippen LogP) is 3.15. The van der Waals surface area contributed by atoms with Crippen LogP contribution in [0.3, 0.4) is 0 Å². The first-order valence-electron chi connectivity index (χ1n) is 7.40. The molecule has 0 bridgehead atoms. The Morgan fingerprint density at radius 2 is 2.10 bits per heavy atom. The highest BCUT2D eigenvalue weighted by Crippen LogP contribution is 2.54. The molecule has 2 aromatic heterocycles. The van der Waals surface area contributed by atoms with Gasteiger partial charge in [-0.15, -0.1) is 0 Å². The van der Waals surface area contributed by atoms with Crippen LogP contribution in [0, 0.1) is 0 Å². The van der Waals surface area contributed by atoms with Gasteiger partial charge in [0.25, 0.3) is 0 Å². The minimum Gasteiger partial charge on any atom is -0.339 e. The van der Waals surface area contributed by atoms with Crippen LogP contribution in [0.15, 0.2) is 16.9 Å². The molecule has 0 aliphatic heterocycles. The monoisotopic (exact) mass is 274 g/mol. The zero-order chi connectivity index (χ0) is 14.3. The molecule has 0 spiro atoms. The lowest BCUT2D eigenvalue weighted by atomic mass is 9.84. The average Bonchev–Trinajstić information content (AvgIpc) is 2.88. The quantitative estimate of drug-likeness (QED) is 0.840. The third-order valence-corrected chi connectivity index (χ3v) is 4.80. The van der Waals surface area contributed by atoms with Gasteiger partial charge in [-0.2, -0.15) is 10.1 Å². The third kappa shape index (κ3) is 2.15. The van der Waals surface area contributed by atoms with Crippen molar-refractivity contribution in [2.75, 3.05) is 0 Å². The van der Waals surface area contributed by atoms with Gasteiger partial charge in [-0.25, -0.2) is 0 Å². The Morgan fingerprint density at radius 3 is 2.70 bits per heavy atom. The summed E-state index contributed by atoms with van der Waals surface area (Å²) in [5.74, 6) is 2.52. The molecule has 1 aliphatic carbocycles. The minimum absolute atomic E-state index is 0.0282. The molecule has 2 aromatic rings. The largest absolute Gasteiger partial charge is 0.339 e. The summed E-state index contributed by atoms with van der Waals surface area (Å²) in [6, 6.07) is 0. The van der Waals surface area contributed by atoms with Gasteiger partial charge in [-0.05, 0) is 30.7 Å². The van der Waals surface area contributed by atoms with Crippen LogP contribution >= 0.6 is 0 Å². The highest BCUT2D eigenvalue weighted by atomic mass is 16.5. The van der Waals surface area contributed by atoms with Gasteiger partial charge in [0.2, 0.25) is 5.89 Å². The van der Waals surface area contributed by atoms with Gasteiger partial charge in [0, 0.05) is 24.6 Å². The molecule has 0 unspecified atom stereocenters. The van der Waals surface area contributed by atoms with Crippen LogP contribution in [-0.2, 0) is 12.5 Å². The topological polar surface area (TPSA) is 56.7 Å². The van der Waals surface area contributed by atoms with Crippen LogP contribution in [0.2, 0.25) is 0 Å². The summed E-state index contributed by atoms with van der Waals surface area (Å²) < 4.78 is 7.35. The van der Waals surface area contributed by atoms with E-state index in [9.17, 15) is 0 Å². The van der Waals surface area contributed by atoms with Crippen molar-refractivity contribution >= 4 is 0 Å². The lowest BCUT2D eigenvalue weighted by Crippen LogP contribution is -2.21. The fourth-order valence-electron chi connectivity index (χ4n) is 2.67. The number of hydrogen-bond donors (Lipinski definition) is 0. The van der Waals surface area contributed by atoms with E-state index in [0.717, 1.165) is 31.0 Å². The Bertz CT molecular complexity index is 597.